The molecule has 3 N–H and O–H groups in total. The maximum atomic E-state index is 12.0. The molecular formula is C21H35N5O. The number of likely N-dealkylation sites (tertiary alicyclic amines) is 1. The minimum atomic E-state index is -0.537. The highest BCUT2D eigenvalue weighted by molar-refractivity contribution is 5.83. The van der Waals surface area contributed by atoms with Gasteiger partial charge in [-0.1, -0.05) is 30.3 Å². The highest BCUT2D eigenvalue weighted by Gasteiger charge is 2.27. The van der Waals surface area contributed by atoms with E-state index in [1.807, 2.05) is 13.8 Å². The summed E-state index contributed by atoms with van der Waals surface area (Å²) in [5, 5.41) is 9.50. The van der Waals surface area contributed by atoms with E-state index in [0.717, 1.165) is 32.1 Å². The molecule has 1 aromatic rings. The Morgan fingerprint density at radius 2 is 1.85 bits per heavy atom. The molecule has 6 heteroatoms. The van der Waals surface area contributed by atoms with Gasteiger partial charge in [-0.25, -0.2) is 0 Å². The Balaban J connectivity index is 2.07. The quantitative estimate of drug-likeness (QED) is 0.482. The minimum absolute atomic E-state index is 0.00123. The lowest BCUT2D eigenvalue weighted by molar-refractivity contribution is -0.128. The summed E-state index contributed by atoms with van der Waals surface area (Å²) in [6.07, 6.45) is 2.52. The van der Waals surface area contributed by atoms with Crippen LogP contribution in [0.15, 0.2) is 35.3 Å². The molecule has 150 valence electrons. The third-order valence-electron chi connectivity index (χ3n) is 5.05. The van der Waals surface area contributed by atoms with Crippen molar-refractivity contribution in [3.8, 4) is 0 Å². The molecule has 0 aromatic heterocycles. The van der Waals surface area contributed by atoms with Crippen molar-refractivity contribution in [1.29, 1.82) is 0 Å². The molecule has 1 aromatic carbocycles. The summed E-state index contributed by atoms with van der Waals surface area (Å²) in [4.78, 5) is 19.2. The van der Waals surface area contributed by atoms with Gasteiger partial charge in [0.1, 0.15) is 0 Å². The van der Waals surface area contributed by atoms with Gasteiger partial charge in [-0.15, -0.1) is 0 Å². The highest BCUT2D eigenvalue weighted by atomic mass is 16.2. The van der Waals surface area contributed by atoms with E-state index in [1.54, 1.807) is 7.05 Å². The van der Waals surface area contributed by atoms with E-state index in [1.165, 1.54) is 18.4 Å². The Morgan fingerprint density at radius 1 is 1.19 bits per heavy atom. The van der Waals surface area contributed by atoms with Crippen molar-refractivity contribution in [2.75, 3.05) is 39.8 Å². The Labute approximate surface area is 163 Å². The van der Waals surface area contributed by atoms with Crippen molar-refractivity contribution in [2.24, 2.45) is 10.4 Å². The fourth-order valence-corrected chi connectivity index (χ4v) is 3.41. The zero-order valence-corrected chi connectivity index (χ0v) is 17.2. The lowest BCUT2D eigenvalue weighted by Gasteiger charge is -2.29. The molecule has 0 spiro atoms. The van der Waals surface area contributed by atoms with Crippen LogP contribution in [0.5, 0.6) is 0 Å². The molecule has 27 heavy (non-hydrogen) atoms. The predicted molar refractivity (Wildman–Crippen MR) is 112 cm³/mol. The zero-order valence-electron chi connectivity index (χ0n) is 17.2. The average molecular weight is 374 g/mol. The SMILES string of the molecule is CCNC(=NCC(C)(C)C(=O)NC)NCC(c1ccccc1)N1CCCC1. The van der Waals surface area contributed by atoms with Crippen LogP contribution in [-0.2, 0) is 4.79 Å². The van der Waals surface area contributed by atoms with Crippen molar-refractivity contribution in [3.63, 3.8) is 0 Å². The van der Waals surface area contributed by atoms with Gasteiger partial charge in [-0.05, 0) is 52.3 Å². The van der Waals surface area contributed by atoms with Crippen molar-refractivity contribution in [2.45, 2.75) is 39.7 Å². The number of amides is 1. The molecule has 0 aliphatic carbocycles. The molecule has 1 aliphatic rings. The highest BCUT2D eigenvalue weighted by Crippen LogP contribution is 2.24. The Bertz CT molecular complexity index is 608. The number of aliphatic imine (C=N–C) groups is 1. The first-order chi connectivity index (χ1) is 13.0. The molecule has 0 radical (unpaired) electrons. The molecule has 6 nitrogen and oxygen atoms in total. The Kier molecular flexibility index (Phi) is 8.10. The van der Waals surface area contributed by atoms with E-state index >= 15 is 0 Å². The summed E-state index contributed by atoms with van der Waals surface area (Å²) in [6, 6.07) is 11.0. The molecule has 0 bridgehead atoms. The molecule has 1 amide bonds. The molecule has 0 saturated carbocycles. The average Bonchev–Trinajstić information content (AvgIpc) is 3.20. The first-order valence-electron chi connectivity index (χ1n) is 10.0. The van der Waals surface area contributed by atoms with E-state index in [-0.39, 0.29) is 5.91 Å². The van der Waals surface area contributed by atoms with Crippen LogP contribution in [0.2, 0.25) is 0 Å². The number of guanidine groups is 1. The van der Waals surface area contributed by atoms with E-state index < -0.39 is 5.41 Å². The largest absolute Gasteiger partial charge is 0.359 e. The van der Waals surface area contributed by atoms with Gasteiger partial charge >= 0.3 is 0 Å². The summed E-state index contributed by atoms with van der Waals surface area (Å²) in [6.45, 7) is 10.2. The number of rotatable bonds is 8. The van der Waals surface area contributed by atoms with Crippen molar-refractivity contribution >= 4 is 11.9 Å². The second kappa shape index (κ2) is 10.3. The van der Waals surface area contributed by atoms with Crippen LogP contribution in [-0.4, -0.2) is 56.5 Å². The number of benzene rings is 1. The minimum Gasteiger partial charge on any atom is -0.359 e. The number of carbonyl (C=O) groups excluding carboxylic acids is 1. The summed E-state index contributed by atoms with van der Waals surface area (Å²) in [5.41, 5.74) is 0.790. The lowest BCUT2D eigenvalue weighted by atomic mass is 9.93. The van der Waals surface area contributed by atoms with Gasteiger partial charge in [0.2, 0.25) is 5.91 Å². The molecule has 1 atom stereocenters. The van der Waals surface area contributed by atoms with Crippen molar-refractivity contribution in [1.82, 2.24) is 20.9 Å². The topological polar surface area (TPSA) is 68.8 Å². The molecule has 2 rings (SSSR count). The van der Waals surface area contributed by atoms with E-state index in [4.69, 9.17) is 0 Å². The van der Waals surface area contributed by atoms with Crippen LogP contribution in [0, 0.1) is 5.41 Å². The van der Waals surface area contributed by atoms with Gasteiger partial charge in [0, 0.05) is 20.1 Å². The number of carbonyl (C=O) groups is 1. The number of hydrogen-bond donors (Lipinski definition) is 3. The second-order valence-electron chi connectivity index (χ2n) is 7.71. The van der Waals surface area contributed by atoms with Crippen molar-refractivity contribution < 1.29 is 4.79 Å². The summed E-state index contributed by atoms with van der Waals surface area (Å²) < 4.78 is 0. The Morgan fingerprint density at radius 3 is 2.44 bits per heavy atom. The van der Waals surface area contributed by atoms with Crippen LogP contribution in [0.25, 0.3) is 0 Å². The molecule has 1 saturated heterocycles. The zero-order chi connectivity index (χ0) is 19.7. The van der Waals surface area contributed by atoms with Crippen LogP contribution >= 0.6 is 0 Å². The maximum Gasteiger partial charge on any atom is 0.227 e. The summed E-state index contributed by atoms with van der Waals surface area (Å²) in [7, 11) is 1.66. The smallest absolute Gasteiger partial charge is 0.227 e. The van der Waals surface area contributed by atoms with E-state index in [2.05, 4.69) is 63.1 Å². The molecule has 1 aliphatic heterocycles. The maximum absolute atomic E-state index is 12.0. The second-order valence-corrected chi connectivity index (χ2v) is 7.71. The van der Waals surface area contributed by atoms with Gasteiger partial charge in [0.15, 0.2) is 5.96 Å². The fraction of sp³-hybridized carbons (Fsp3) is 0.619. The normalized spacial score (nSPS) is 16.8. The molecule has 1 fully saturated rings. The molecular weight excluding hydrogens is 338 g/mol. The van der Waals surface area contributed by atoms with Crippen LogP contribution in [0.4, 0.5) is 0 Å². The van der Waals surface area contributed by atoms with Gasteiger partial charge in [-0.2, -0.15) is 0 Å². The van der Waals surface area contributed by atoms with E-state index in [0.29, 0.717) is 12.6 Å². The molecule has 1 unspecified atom stereocenters. The third-order valence-corrected chi connectivity index (χ3v) is 5.05. The van der Waals surface area contributed by atoms with Gasteiger partial charge in [0.25, 0.3) is 0 Å². The monoisotopic (exact) mass is 373 g/mol. The number of nitrogens with zero attached hydrogens (tertiary/aromatic N) is 2. The van der Waals surface area contributed by atoms with Gasteiger partial charge in [0.05, 0.1) is 18.0 Å². The fourth-order valence-electron chi connectivity index (χ4n) is 3.41. The predicted octanol–water partition coefficient (Wildman–Crippen LogP) is 2.15. The molecule has 1 heterocycles. The summed E-state index contributed by atoms with van der Waals surface area (Å²) >= 11 is 0. The first kappa shape index (κ1) is 21.2. The van der Waals surface area contributed by atoms with Gasteiger partial charge < -0.3 is 16.0 Å². The van der Waals surface area contributed by atoms with Crippen LogP contribution < -0.4 is 16.0 Å². The third kappa shape index (κ3) is 6.24. The number of nitrogens with one attached hydrogen (secondary N) is 3. The van der Waals surface area contributed by atoms with Crippen molar-refractivity contribution in [3.05, 3.63) is 35.9 Å². The summed E-state index contributed by atoms with van der Waals surface area (Å²) in [5.74, 6) is 0.760. The van der Waals surface area contributed by atoms with Gasteiger partial charge in [-0.3, -0.25) is 14.7 Å². The van der Waals surface area contributed by atoms with Crippen LogP contribution in [0.1, 0.15) is 45.2 Å². The lowest BCUT2D eigenvalue weighted by Crippen LogP contribution is -2.44. The number of hydrogen-bond acceptors (Lipinski definition) is 3. The van der Waals surface area contributed by atoms with E-state index in [9.17, 15) is 4.79 Å². The first-order valence-corrected chi connectivity index (χ1v) is 10.0. The Hall–Kier alpha value is -2.08. The van der Waals surface area contributed by atoms with Crippen LogP contribution in [0.3, 0.4) is 0 Å². The standard InChI is InChI=1S/C21H35N5O/c1-5-23-20(25-16-21(2,3)19(27)22-4)24-15-18(26-13-9-10-14-26)17-11-7-6-8-12-17/h6-8,11-12,18H,5,9-10,13-16H2,1-4H3,(H,22,27)(H2,23,24,25).